The van der Waals surface area contributed by atoms with Gasteiger partial charge in [-0.25, -0.2) is 13.1 Å². The summed E-state index contributed by atoms with van der Waals surface area (Å²) in [5, 5.41) is 2.96. The fraction of sp³-hybridized carbons (Fsp3) is 0.278. The van der Waals surface area contributed by atoms with Crippen molar-refractivity contribution in [2.24, 2.45) is 0 Å². The number of hydrogen-bond acceptors (Lipinski definition) is 3. The molecule has 3 rings (SSSR count). The van der Waals surface area contributed by atoms with Crippen molar-refractivity contribution < 1.29 is 13.2 Å². The van der Waals surface area contributed by atoms with Crippen molar-refractivity contribution in [2.45, 2.75) is 36.7 Å². The smallest absolute Gasteiger partial charge is 0.251 e. The fourth-order valence-corrected chi connectivity index (χ4v) is 4.27. The molecule has 2 aromatic carbocycles. The van der Waals surface area contributed by atoms with Crippen LogP contribution < -0.4 is 10.0 Å². The lowest BCUT2D eigenvalue weighted by molar-refractivity contribution is 0.0939. The van der Waals surface area contributed by atoms with Crippen LogP contribution in [-0.2, 0) is 10.0 Å². The number of carbonyl (C=O) groups excluding carboxylic acids is 1. The molecule has 0 radical (unpaired) electrons. The van der Waals surface area contributed by atoms with Crippen LogP contribution in [0.3, 0.4) is 0 Å². The standard InChI is InChI=1S/C18H19ClN2O3S/c1-12(13-5-3-2-4-6-13)20-18(22)14-7-10-16(19)17(11-14)25(23,24)21-15-8-9-15/h2-7,10-12,15,21H,8-9H2,1H3,(H,20,22)/t12-/m0/s1. The molecule has 0 aromatic heterocycles. The van der Waals surface area contributed by atoms with Gasteiger partial charge in [0, 0.05) is 11.6 Å². The van der Waals surface area contributed by atoms with Gasteiger partial charge in [0.2, 0.25) is 10.0 Å². The summed E-state index contributed by atoms with van der Waals surface area (Å²) in [6.45, 7) is 1.87. The molecule has 5 nitrogen and oxygen atoms in total. The zero-order valence-corrected chi connectivity index (χ0v) is 15.3. The van der Waals surface area contributed by atoms with Gasteiger partial charge in [0.05, 0.1) is 11.1 Å². The van der Waals surface area contributed by atoms with E-state index in [9.17, 15) is 13.2 Å². The minimum Gasteiger partial charge on any atom is -0.346 e. The van der Waals surface area contributed by atoms with Crippen molar-refractivity contribution in [3.05, 3.63) is 64.7 Å². The Balaban J connectivity index is 1.80. The molecule has 0 spiro atoms. The predicted octanol–water partition coefficient (Wildman–Crippen LogP) is 3.27. The van der Waals surface area contributed by atoms with Gasteiger partial charge in [0.15, 0.2) is 0 Å². The van der Waals surface area contributed by atoms with Gasteiger partial charge in [-0.2, -0.15) is 0 Å². The average Bonchev–Trinajstić information content (AvgIpc) is 3.39. The molecule has 0 unspecified atom stereocenters. The van der Waals surface area contributed by atoms with Gasteiger partial charge in [-0.15, -0.1) is 0 Å². The number of halogens is 1. The van der Waals surface area contributed by atoms with Crippen molar-refractivity contribution in [1.82, 2.24) is 10.0 Å². The first-order chi connectivity index (χ1) is 11.9. The van der Waals surface area contributed by atoms with E-state index in [-0.39, 0.29) is 33.5 Å². The highest BCUT2D eigenvalue weighted by atomic mass is 35.5. The van der Waals surface area contributed by atoms with Gasteiger partial charge in [0.25, 0.3) is 5.91 Å². The number of amides is 1. The third-order valence-electron chi connectivity index (χ3n) is 4.03. The highest BCUT2D eigenvalue weighted by Gasteiger charge is 2.29. The van der Waals surface area contributed by atoms with Gasteiger partial charge in [-0.05, 0) is 43.5 Å². The quantitative estimate of drug-likeness (QED) is 0.810. The molecule has 132 valence electrons. The van der Waals surface area contributed by atoms with E-state index in [1.807, 2.05) is 37.3 Å². The first-order valence-electron chi connectivity index (χ1n) is 8.04. The molecular weight excluding hydrogens is 360 g/mol. The first kappa shape index (κ1) is 17.9. The second kappa shape index (κ2) is 7.15. The molecule has 0 aliphatic heterocycles. The lowest BCUT2D eigenvalue weighted by atomic mass is 10.1. The van der Waals surface area contributed by atoms with Gasteiger partial charge in [0.1, 0.15) is 4.90 Å². The molecule has 1 amide bonds. The molecule has 0 bridgehead atoms. The zero-order valence-electron chi connectivity index (χ0n) is 13.7. The second-order valence-corrected chi connectivity index (χ2v) is 8.24. The highest BCUT2D eigenvalue weighted by molar-refractivity contribution is 7.89. The number of benzene rings is 2. The summed E-state index contributed by atoms with van der Waals surface area (Å²) in [5.74, 6) is -0.351. The number of nitrogens with one attached hydrogen (secondary N) is 2. The first-order valence-corrected chi connectivity index (χ1v) is 9.90. The molecular formula is C18H19ClN2O3S. The topological polar surface area (TPSA) is 75.3 Å². The minimum absolute atomic E-state index is 0.0309. The predicted molar refractivity (Wildman–Crippen MR) is 97.1 cm³/mol. The van der Waals surface area contributed by atoms with Crippen LogP contribution in [0.2, 0.25) is 5.02 Å². The Morgan fingerprint density at radius 1 is 1.16 bits per heavy atom. The Morgan fingerprint density at radius 2 is 1.84 bits per heavy atom. The molecule has 1 atom stereocenters. The van der Waals surface area contributed by atoms with E-state index in [1.165, 1.54) is 18.2 Å². The summed E-state index contributed by atoms with van der Waals surface area (Å²) < 4.78 is 27.4. The normalized spacial score (nSPS) is 15.6. The maximum Gasteiger partial charge on any atom is 0.251 e. The lowest BCUT2D eigenvalue weighted by Crippen LogP contribution is -2.28. The van der Waals surface area contributed by atoms with Crippen molar-refractivity contribution in [3.63, 3.8) is 0 Å². The van der Waals surface area contributed by atoms with Crippen LogP contribution in [0.4, 0.5) is 0 Å². The average molecular weight is 379 g/mol. The van der Waals surface area contributed by atoms with Crippen molar-refractivity contribution in [2.75, 3.05) is 0 Å². The Hall–Kier alpha value is -1.89. The molecule has 25 heavy (non-hydrogen) atoms. The third-order valence-corrected chi connectivity index (χ3v) is 6.03. The van der Waals surface area contributed by atoms with Gasteiger partial charge in [-0.3, -0.25) is 4.79 Å². The molecule has 0 saturated heterocycles. The molecule has 1 aliphatic rings. The molecule has 1 saturated carbocycles. The molecule has 2 aromatic rings. The van der Waals surface area contributed by atoms with Gasteiger partial charge in [-0.1, -0.05) is 41.9 Å². The highest BCUT2D eigenvalue weighted by Crippen LogP contribution is 2.27. The number of carbonyl (C=O) groups is 1. The maximum atomic E-state index is 12.5. The Bertz CT molecular complexity index is 880. The number of sulfonamides is 1. The van der Waals surface area contributed by atoms with E-state index in [2.05, 4.69) is 10.0 Å². The Morgan fingerprint density at radius 3 is 2.48 bits per heavy atom. The van der Waals surface area contributed by atoms with Crippen LogP contribution in [0.5, 0.6) is 0 Å². The van der Waals surface area contributed by atoms with E-state index in [1.54, 1.807) is 0 Å². The number of hydrogen-bond donors (Lipinski definition) is 2. The molecule has 0 heterocycles. The van der Waals surface area contributed by atoms with Crippen LogP contribution in [0.15, 0.2) is 53.4 Å². The van der Waals surface area contributed by atoms with Crippen molar-refractivity contribution >= 4 is 27.5 Å². The second-order valence-electron chi connectivity index (χ2n) is 6.15. The summed E-state index contributed by atoms with van der Waals surface area (Å²) in [4.78, 5) is 12.4. The Kier molecular flexibility index (Phi) is 5.13. The lowest BCUT2D eigenvalue weighted by Gasteiger charge is -2.15. The van der Waals surface area contributed by atoms with E-state index < -0.39 is 10.0 Å². The van der Waals surface area contributed by atoms with E-state index >= 15 is 0 Å². The van der Waals surface area contributed by atoms with Crippen LogP contribution in [0.25, 0.3) is 0 Å². The summed E-state index contributed by atoms with van der Waals surface area (Å²) in [5.41, 5.74) is 1.22. The van der Waals surface area contributed by atoms with Crippen molar-refractivity contribution in [1.29, 1.82) is 0 Å². The minimum atomic E-state index is -3.73. The number of rotatable bonds is 6. The molecule has 7 heteroatoms. The fourth-order valence-electron chi connectivity index (χ4n) is 2.44. The summed E-state index contributed by atoms with van der Waals surface area (Å²) in [6.07, 6.45) is 1.65. The van der Waals surface area contributed by atoms with Gasteiger partial charge >= 0.3 is 0 Å². The molecule has 2 N–H and O–H groups in total. The summed E-state index contributed by atoms with van der Waals surface area (Å²) in [6, 6.07) is 13.6. The van der Waals surface area contributed by atoms with Crippen LogP contribution in [0, 0.1) is 0 Å². The van der Waals surface area contributed by atoms with Crippen LogP contribution >= 0.6 is 11.6 Å². The van der Waals surface area contributed by atoms with Gasteiger partial charge < -0.3 is 5.32 Å². The Labute approximate surface area is 152 Å². The SMILES string of the molecule is C[C@H](NC(=O)c1ccc(Cl)c(S(=O)(=O)NC2CC2)c1)c1ccccc1. The monoisotopic (exact) mass is 378 g/mol. The molecule has 1 fully saturated rings. The van der Waals surface area contributed by atoms with E-state index in [0.717, 1.165) is 18.4 Å². The summed E-state index contributed by atoms with van der Waals surface area (Å²) in [7, 11) is -3.73. The largest absolute Gasteiger partial charge is 0.346 e. The van der Waals surface area contributed by atoms with Crippen LogP contribution in [0.1, 0.15) is 41.7 Å². The third kappa shape index (κ3) is 4.39. The molecule has 1 aliphatic carbocycles. The summed E-state index contributed by atoms with van der Waals surface area (Å²) >= 11 is 6.04. The van der Waals surface area contributed by atoms with E-state index in [0.29, 0.717) is 0 Å². The van der Waals surface area contributed by atoms with E-state index in [4.69, 9.17) is 11.6 Å². The zero-order chi connectivity index (χ0) is 18.0. The maximum absolute atomic E-state index is 12.5. The van der Waals surface area contributed by atoms with Crippen LogP contribution in [-0.4, -0.2) is 20.4 Å². The van der Waals surface area contributed by atoms with Crippen molar-refractivity contribution in [3.8, 4) is 0 Å².